The van der Waals surface area contributed by atoms with Crippen LogP contribution in [0.25, 0.3) is 0 Å². The molecule has 0 spiro atoms. The second-order valence-corrected chi connectivity index (χ2v) is 6.35. The number of imide groups is 2. The van der Waals surface area contributed by atoms with E-state index in [9.17, 15) is 14.4 Å². The first-order chi connectivity index (χ1) is 10.5. The molecule has 4 amide bonds. The number of hydrogen-bond donors (Lipinski definition) is 0. The SMILES string of the molecule is O=C1C(=O)N(C2CCCC2)C(=O)N1Cc1ccc(Cl)c(Cl)c1. The molecule has 1 aliphatic heterocycles. The van der Waals surface area contributed by atoms with Crippen molar-refractivity contribution in [3.8, 4) is 0 Å². The Labute approximate surface area is 137 Å². The summed E-state index contributed by atoms with van der Waals surface area (Å²) in [5, 5.41) is 0.741. The summed E-state index contributed by atoms with van der Waals surface area (Å²) in [6.07, 6.45) is 3.49. The average molecular weight is 341 g/mol. The molecule has 0 atom stereocenters. The van der Waals surface area contributed by atoms with Gasteiger partial charge >= 0.3 is 17.8 Å². The number of carbonyl (C=O) groups excluding carboxylic acids is 3. The number of carbonyl (C=O) groups is 3. The van der Waals surface area contributed by atoms with Gasteiger partial charge in [0.1, 0.15) is 0 Å². The van der Waals surface area contributed by atoms with E-state index in [-0.39, 0.29) is 12.6 Å². The zero-order valence-corrected chi connectivity index (χ0v) is 13.2. The van der Waals surface area contributed by atoms with Crippen LogP contribution < -0.4 is 0 Å². The summed E-state index contributed by atoms with van der Waals surface area (Å²) < 4.78 is 0. The number of halogens is 2. The van der Waals surface area contributed by atoms with Crippen molar-refractivity contribution >= 4 is 41.0 Å². The molecule has 1 saturated heterocycles. The van der Waals surface area contributed by atoms with Crippen LogP contribution in [0.3, 0.4) is 0 Å². The molecule has 0 aromatic heterocycles. The molecule has 1 heterocycles. The standard InChI is InChI=1S/C15H14Cl2N2O3/c16-11-6-5-9(7-12(11)17)8-18-13(20)14(21)19(15(18)22)10-3-1-2-4-10/h5-7,10H,1-4,8H2. The molecule has 0 unspecified atom stereocenters. The van der Waals surface area contributed by atoms with E-state index < -0.39 is 17.8 Å². The summed E-state index contributed by atoms with van der Waals surface area (Å²) in [6, 6.07) is 4.18. The van der Waals surface area contributed by atoms with Crippen LogP contribution in [-0.4, -0.2) is 33.7 Å². The summed E-state index contributed by atoms with van der Waals surface area (Å²) in [7, 11) is 0. The van der Waals surface area contributed by atoms with Gasteiger partial charge in [0.15, 0.2) is 0 Å². The first kappa shape index (κ1) is 15.3. The highest BCUT2D eigenvalue weighted by atomic mass is 35.5. The Hall–Kier alpha value is -1.59. The van der Waals surface area contributed by atoms with E-state index in [0.717, 1.165) is 35.5 Å². The van der Waals surface area contributed by atoms with E-state index in [1.807, 2.05) is 0 Å². The monoisotopic (exact) mass is 340 g/mol. The molecule has 0 radical (unpaired) electrons. The number of rotatable bonds is 3. The van der Waals surface area contributed by atoms with Crippen LogP contribution in [0.4, 0.5) is 4.79 Å². The molecule has 0 N–H and O–H groups in total. The number of amides is 4. The van der Waals surface area contributed by atoms with Gasteiger partial charge in [-0.2, -0.15) is 0 Å². The van der Waals surface area contributed by atoms with Gasteiger partial charge in [-0.3, -0.25) is 19.4 Å². The molecule has 2 aliphatic rings. The topological polar surface area (TPSA) is 57.7 Å². The molecule has 0 bridgehead atoms. The Kier molecular flexibility index (Phi) is 4.10. The quantitative estimate of drug-likeness (QED) is 0.627. The number of benzene rings is 1. The summed E-state index contributed by atoms with van der Waals surface area (Å²) in [5.41, 5.74) is 0.650. The average Bonchev–Trinajstić information content (AvgIpc) is 3.07. The van der Waals surface area contributed by atoms with Crippen molar-refractivity contribution in [3.63, 3.8) is 0 Å². The zero-order chi connectivity index (χ0) is 15.9. The lowest BCUT2D eigenvalue weighted by Gasteiger charge is -2.21. The lowest BCUT2D eigenvalue weighted by Crippen LogP contribution is -2.39. The fourth-order valence-corrected chi connectivity index (χ4v) is 3.29. The van der Waals surface area contributed by atoms with E-state index in [0.29, 0.717) is 15.6 Å². The van der Waals surface area contributed by atoms with Crippen molar-refractivity contribution < 1.29 is 14.4 Å². The maximum absolute atomic E-state index is 12.4. The number of urea groups is 1. The molecule has 1 aliphatic carbocycles. The van der Waals surface area contributed by atoms with Crippen LogP contribution in [0.1, 0.15) is 31.2 Å². The molecule has 2 fully saturated rings. The van der Waals surface area contributed by atoms with Crippen LogP contribution >= 0.6 is 23.2 Å². The number of nitrogens with zero attached hydrogens (tertiary/aromatic N) is 2. The van der Waals surface area contributed by atoms with E-state index in [1.165, 1.54) is 0 Å². The fraction of sp³-hybridized carbons (Fsp3) is 0.400. The Morgan fingerprint density at radius 1 is 1.00 bits per heavy atom. The highest BCUT2D eigenvalue weighted by Crippen LogP contribution is 2.29. The summed E-state index contributed by atoms with van der Waals surface area (Å²) in [5.74, 6) is -1.50. The zero-order valence-electron chi connectivity index (χ0n) is 11.7. The molecule has 22 heavy (non-hydrogen) atoms. The highest BCUT2D eigenvalue weighted by molar-refractivity contribution is 6.44. The van der Waals surface area contributed by atoms with Gasteiger partial charge in [-0.1, -0.05) is 42.1 Å². The maximum Gasteiger partial charge on any atom is 0.334 e. The van der Waals surface area contributed by atoms with Crippen molar-refractivity contribution in [2.45, 2.75) is 38.3 Å². The van der Waals surface area contributed by atoms with Gasteiger partial charge < -0.3 is 0 Å². The van der Waals surface area contributed by atoms with Crippen molar-refractivity contribution in [3.05, 3.63) is 33.8 Å². The van der Waals surface area contributed by atoms with Crippen molar-refractivity contribution in [1.82, 2.24) is 9.80 Å². The van der Waals surface area contributed by atoms with Gasteiger partial charge in [-0.15, -0.1) is 0 Å². The Morgan fingerprint density at radius 3 is 2.32 bits per heavy atom. The van der Waals surface area contributed by atoms with E-state index >= 15 is 0 Å². The third kappa shape index (κ3) is 2.59. The van der Waals surface area contributed by atoms with E-state index in [4.69, 9.17) is 23.2 Å². The Bertz CT molecular complexity index is 656. The molecule has 3 rings (SSSR count). The summed E-state index contributed by atoms with van der Waals surface area (Å²) >= 11 is 11.8. The lowest BCUT2D eigenvalue weighted by molar-refractivity contribution is -0.144. The first-order valence-electron chi connectivity index (χ1n) is 7.12. The minimum Gasteiger partial charge on any atom is -0.263 e. The normalized spacial score (nSPS) is 19.6. The molecule has 1 aromatic carbocycles. The van der Waals surface area contributed by atoms with Gasteiger partial charge in [0.25, 0.3) is 0 Å². The van der Waals surface area contributed by atoms with Crippen LogP contribution in [0.2, 0.25) is 10.0 Å². The molecular weight excluding hydrogens is 327 g/mol. The molecule has 116 valence electrons. The van der Waals surface area contributed by atoms with Gasteiger partial charge in [-0.05, 0) is 30.5 Å². The van der Waals surface area contributed by atoms with Crippen LogP contribution in [-0.2, 0) is 16.1 Å². The van der Waals surface area contributed by atoms with Crippen LogP contribution in [0.5, 0.6) is 0 Å². The van der Waals surface area contributed by atoms with E-state index in [1.54, 1.807) is 18.2 Å². The van der Waals surface area contributed by atoms with Crippen molar-refractivity contribution in [1.29, 1.82) is 0 Å². The molecule has 1 aromatic rings. The maximum atomic E-state index is 12.4. The van der Waals surface area contributed by atoms with Crippen LogP contribution in [0.15, 0.2) is 18.2 Å². The predicted molar refractivity (Wildman–Crippen MR) is 81.5 cm³/mol. The molecule has 5 nitrogen and oxygen atoms in total. The lowest BCUT2D eigenvalue weighted by atomic mass is 10.2. The van der Waals surface area contributed by atoms with Crippen molar-refractivity contribution in [2.75, 3.05) is 0 Å². The summed E-state index contributed by atoms with van der Waals surface area (Å²) in [6.45, 7) is 0.0174. The second-order valence-electron chi connectivity index (χ2n) is 5.54. The minimum absolute atomic E-state index is 0.0174. The Balaban J connectivity index is 1.81. The highest BCUT2D eigenvalue weighted by Gasteiger charge is 2.47. The van der Waals surface area contributed by atoms with Crippen molar-refractivity contribution in [2.24, 2.45) is 0 Å². The largest absolute Gasteiger partial charge is 0.334 e. The molecular formula is C15H14Cl2N2O3. The third-order valence-corrected chi connectivity index (χ3v) is 4.84. The van der Waals surface area contributed by atoms with Gasteiger partial charge in [-0.25, -0.2) is 4.79 Å². The predicted octanol–water partition coefficient (Wildman–Crippen LogP) is 3.23. The smallest absolute Gasteiger partial charge is 0.263 e. The Morgan fingerprint density at radius 2 is 1.68 bits per heavy atom. The fourth-order valence-electron chi connectivity index (χ4n) is 2.97. The van der Waals surface area contributed by atoms with Crippen LogP contribution in [0, 0.1) is 0 Å². The minimum atomic E-state index is -0.775. The number of hydrogen-bond acceptors (Lipinski definition) is 3. The van der Waals surface area contributed by atoms with Gasteiger partial charge in [0, 0.05) is 6.04 Å². The third-order valence-electron chi connectivity index (χ3n) is 4.10. The molecule has 1 saturated carbocycles. The van der Waals surface area contributed by atoms with Gasteiger partial charge in [0.05, 0.1) is 16.6 Å². The van der Waals surface area contributed by atoms with E-state index in [2.05, 4.69) is 0 Å². The van der Waals surface area contributed by atoms with Gasteiger partial charge in [0.2, 0.25) is 0 Å². The second kappa shape index (κ2) is 5.89. The molecule has 7 heteroatoms. The first-order valence-corrected chi connectivity index (χ1v) is 7.87. The summed E-state index contributed by atoms with van der Waals surface area (Å²) in [4.78, 5) is 38.7.